The first-order chi connectivity index (χ1) is 3.42. The molecule has 0 bridgehead atoms. The van der Waals surface area contributed by atoms with Gasteiger partial charge in [0.25, 0.3) is 0 Å². The Morgan fingerprint density at radius 3 is 1.75 bits per heavy atom. The molecule has 0 aromatic heterocycles. The molecule has 0 N–H and O–H groups in total. The number of nitrogens with zero attached hydrogens (tertiary/aromatic N) is 1. The fourth-order valence-corrected chi connectivity index (χ4v) is 1.28. The van der Waals surface area contributed by atoms with E-state index in [0.717, 1.165) is 11.0 Å². The Bertz CT molecular complexity index is 63.4. The molecule has 2 heteroatoms. The summed E-state index contributed by atoms with van der Waals surface area (Å²) in [6.07, 6.45) is 0. The van der Waals surface area contributed by atoms with Crippen LogP contribution in [0.4, 0.5) is 0 Å². The topological polar surface area (TPSA) is 0 Å². The SMILES string of the molecule is CC(S)C[N+](C)(C)C. The van der Waals surface area contributed by atoms with Gasteiger partial charge in [-0.1, -0.05) is 0 Å². The van der Waals surface area contributed by atoms with Gasteiger partial charge < -0.3 is 4.48 Å². The summed E-state index contributed by atoms with van der Waals surface area (Å²) < 4.78 is 1.00. The minimum atomic E-state index is 0.509. The first-order valence-corrected chi connectivity index (χ1v) is 3.42. The molecule has 0 heterocycles. The van der Waals surface area contributed by atoms with E-state index in [9.17, 15) is 0 Å². The van der Waals surface area contributed by atoms with Crippen LogP contribution in [0.1, 0.15) is 6.92 Å². The summed E-state index contributed by atoms with van der Waals surface area (Å²) in [6.45, 7) is 3.25. The van der Waals surface area contributed by atoms with Gasteiger partial charge in [0.05, 0.1) is 27.7 Å². The van der Waals surface area contributed by atoms with E-state index in [0.29, 0.717) is 5.25 Å². The predicted molar refractivity (Wildman–Crippen MR) is 41.3 cm³/mol. The van der Waals surface area contributed by atoms with Gasteiger partial charge in [-0.3, -0.25) is 0 Å². The smallest absolute Gasteiger partial charge is 0.0895 e. The molecule has 8 heavy (non-hydrogen) atoms. The maximum Gasteiger partial charge on any atom is 0.0895 e. The highest BCUT2D eigenvalue weighted by molar-refractivity contribution is 7.80. The van der Waals surface area contributed by atoms with Gasteiger partial charge in [0.2, 0.25) is 0 Å². The van der Waals surface area contributed by atoms with Crippen molar-refractivity contribution >= 4 is 12.6 Å². The summed E-state index contributed by atoms with van der Waals surface area (Å²) in [5.74, 6) is 0. The van der Waals surface area contributed by atoms with Gasteiger partial charge in [0.15, 0.2) is 0 Å². The molecule has 0 saturated carbocycles. The van der Waals surface area contributed by atoms with Crippen LogP contribution in [-0.2, 0) is 0 Å². The molecule has 50 valence electrons. The molecule has 0 rings (SSSR count). The molecule has 0 amide bonds. The molecule has 0 radical (unpaired) electrons. The van der Waals surface area contributed by atoms with E-state index in [2.05, 4.69) is 40.7 Å². The molecule has 0 aromatic carbocycles. The molecule has 0 spiro atoms. The molecule has 0 aliphatic rings. The van der Waals surface area contributed by atoms with Crippen molar-refractivity contribution in [2.75, 3.05) is 27.7 Å². The molecule has 1 nitrogen and oxygen atoms in total. The highest BCUT2D eigenvalue weighted by Gasteiger charge is 2.08. The average molecular weight is 134 g/mol. The van der Waals surface area contributed by atoms with Gasteiger partial charge in [0.1, 0.15) is 0 Å². The summed E-state index contributed by atoms with van der Waals surface area (Å²) in [5, 5.41) is 0.509. The second-order valence-electron chi connectivity index (χ2n) is 3.32. The second kappa shape index (κ2) is 2.74. The van der Waals surface area contributed by atoms with Crippen LogP contribution < -0.4 is 0 Å². The summed E-state index contributed by atoms with van der Waals surface area (Å²) in [5.41, 5.74) is 0. The van der Waals surface area contributed by atoms with Crippen molar-refractivity contribution in [3.8, 4) is 0 Å². The van der Waals surface area contributed by atoms with E-state index in [1.165, 1.54) is 0 Å². The van der Waals surface area contributed by atoms with Crippen LogP contribution in [0.15, 0.2) is 0 Å². The van der Waals surface area contributed by atoms with E-state index < -0.39 is 0 Å². The predicted octanol–water partition coefficient (Wildman–Crippen LogP) is 1.01. The van der Waals surface area contributed by atoms with Crippen molar-refractivity contribution < 1.29 is 4.48 Å². The highest BCUT2D eigenvalue weighted by Crippen LogP contribution is 1.98. The molecule has 1 atom stereocenters. The summed E-state index contributed by atoms with van der Waals surface area (Å²) >= 11 is 4.28. The summed E-state index contributed by atoms with van der Waals surface area (Å²) in [7, 11) is 6.52. The molecule has 1 unspecified atom stereocenters. The maximum atomic E-state index is 4.28. The monoisotopic (exact) mass is 134 g/mol. The Balaban J connectivity index is 3.39. The van der Waals surface area contributed by atoms with Gasteiger partial charge in [-0.15, -0.1) is 0 Å². The molecule has 0 saturated heterocycles. The Hall–Kier alpha value is 0.310. The Labute approximate surface area is 57.7 Å². The van der Waals surface area contributed by atoms with Crippen molar-refractivity contribution in [1.29, 1.82) is 0 Å². The first-order valence-electron chi connectivity index (χ1n) is 2.90. The number of hydrogen-bond acceptors (Lipinski definition) is 1. The highest BCUT2D eigenvalue weighted by atomic mass is 32.1. The lowest BCUT2D eigenvalue weighted by Crippen LogP contribution is -2.38. The third kappa shape index (κ3) is 6.31. The van der Waals surface area contributed by atoms with Gasteiger partial charge >= 0.3 is 0 Å². The quantitative estimate of drug-likeness (QED) is 0.423. The average Bonchev–Trinajstić information content (AvgIpc) is 1.21. The lowest BCUT2D eigenvalue weighted by Gasteiger charge is -2.25. The van der Waals surface area contributed by atoms with Gasteiger partial charge in [-0.25, -0.2) is 0 Å². The second-order valence-corrected chi connectivity index (χ2v) is 4.20. The normalized spacial score (nSPS) is 16.1. The maximum absolute atomic E-state index is 4.28. The van der Waals surface area contributed by atoms with Crippen LogP contribution in [-0.4, -0.2) is 37.4 Å². The van der Waals surface area contributed by atoms with E-state index in [1.807, 2.05) is 0 Å². The molecule has 0 aromatic rings. The van der Waals surface area contributed by atoms with E-state index >= 15 is 0 Å². The van der Waals surface area contributed by atoms with Crippen molar-refractivity contribution in [2.24, 2.45) is 0 Å². The van der Waals surface area contributed by atoms with Crippen molar-refractivity contribution in [2.45, 2.75) is 12.2 Å². The van der Waals surface area contributed by atoms with Crippen molar-refractivity contribution in [1.82, 2.24) is 0 Å². The largest absolute Gasteiger partial charge is 0.330 e. The van der Waals surface area contributed by atoms with E-state index in [4.69, 9.17) is 0 Å². The summed E-state index contributed by atoms with van der Waals surface area (Å²) in [6, 6.07) is 0. The minimum Gasteiger partial charge on any atom is -0.330 e. The zero-order chi connectivity index (χ0) is 6.78. The fraction of sp³-hybridized carbons (Fsp3) is 1.00. The Morgan fingerprint density at radius 2 is 1.75 bits per heavy atom. The molecular formula is C6H16NS+. The van der Waals surface area contributed by atoms with E-state index in [1.54, 1.807) is 0 Å². The first kappa shape index (κ1) is 8.31. The van der Waals surface area contributed by atoms with Crippen LogP contribution in [0.25, 0.3) is 0 Å². The van der Waals surface area contributed by atoms with Gasteiger partial charge in [0, 0.05) is 5.25 Å². The number of hydrogen-bond donors (Lipinski definition) is 1. The van der Waals surface area contributed by atoms with Crippen molar-refractivity contribution in [3.05, 3.63) is 0 Å². The zero-order valence-corrected chi connectivity index (χ0v) is 7.07. The van der Waals surface area contributed by atoms with E-state index in [-0.39, 0.29) is 0 Å². The number of quaternary nitrogens is 1. The molecule has 0 fully saturated rings. The van der Waals surface area contributed by atoms with Crippen LogP contribution in [0.2, 0.25) is 0 Å². The summed E-state index contributed by atoms with van der Waals surface area (Å²) in [4.78, 5) is 0. The fourth-order valence-electron chi connectivity index (χ4n) is 0.793. The lowest BCUT2D eigenvalue weighted by molar-refractivity contribution is -0.869. The van der Waals surface area contributed by atoms with Crippen molar-refractivity contribution in [3.63, 3.8) is 0 Å². The zero-order valence-electron chi connectivity index (χ0n) is 6.18. The molecule has 0 aliphatic carbocycles. The third-order valence-electron chi connectivity index (χ3n) is 0.812. The van der Waals surface area contributed by atoms with Crippen LogP contribution >= 0.6 is 12.6 Å². The number of thiol groups is 1. The Morgan fingerprint density at radius 1 is 1.38 bits per heavy atom. The third-order valence-corrected chi connectivity index (χ3v) is 0.975. The molecule has 0 aliphatic heterocycles. The van der Waals surface area contributed by atoms with Crippen LogP contribution in [0.5, 0.6) is 0 Å². The minimum absolute atomic E-state index is 0.509. The standard InChI is InChI=1S/C6H15NS/c1-6(8)5-7(2,3)4/h6H,5H2,1-4H3/p+1. The van der Waals surface area contributed by atoms with Gasteiger partial charge in [-0.2, -0.15) is 12.6 Å². The lowest BCUT2D eigenvalue weighted by atomic mass is 10.4. The number of rotatable bonds is 2. The van der Waals surface area contributed by atoms with Crippen LogP contribution in [0, 0.1) is 0 Å². The van der Waals surface area contributed by atoms with Gasteiger partial charge in [-0.05, 0) is 6.92 Å². The van der Waals surface area contributed by atoms with Crippen LogP contribution in [0.3, 0.4) is 0 Å². The molecular weight excluding hydrogens is 118 g/mol. The Kier molecular flexibility index (Phi) is 2.84.